The van der Waals surface area contributed by atoms with E-state index in [9.17, 15) is 15.2 Å². The summed E-state index contributed by atoms with van der Waals surface area (Å²) in [5.41, 5.74) is 0.363. The zero-order valence-electron chi connectivity index (χ0n) is 13.2. The second-order valence-corrected chi connectivity index (χ2v) is 5.01. The van der Waals surface area contributed by atoms with Crippen molar-refractivity contribution < 1.29 is 19.5 Å². The minimum atomic E-state index is -0.456. The van der Waals surface area contributed by atoms with Crippen LogP contribution in [-0.2, 0) is 0 Å². The van der Waals surface area contributed by atoms with E-state index >= 15 is 0 Å². The Kier molecular flexibility index (Phi) is 7.50. The van der Waals surface area contributed by atoms with Gasteiger partial charge in [-0.25, -0.2) is 0 Å². The van der Waals surface area contributed by atoms with Gasteiger partial charge in [-0.1, -0.05) is 0 Å². The van der Waals surface area contributed by atoms with E-state index in [0.29, 0.717) is 17.1 Å². The molecule has 0 saturated carbocycles. The van der Waals surface area contributed by atoms with Crippen molar-refractivity contribution in [1.29, 1.82) is 0 Å². The number of aliphatic hydroxyl groups is 1. The molecule has 1 aromatic carbocycles. The van der Waals surface area contributed by atoms with Crippen molar-refractivity contribution in [3.8, 4) is 11.5 Å². The van der Waals surface area contributed by atoms with Gasteiger partial charge < -0.3 is 19.9 Å². The van der Waals surface area contributed by atoms with Crippen LogP contribution < -0.4 is 14.8 Å². The molecule has 0 aromatic heterocycles. The van der Waals surface area contributed by atoms with Crippen molar-refractivity contribution in [3.05, 3.63) is 27.8 Å². The molecule has 0 radical (unpaired) electrons. The van der Waals surface area contributed by atoms with Crippen molar-refractivity contribution in [2.45, 2.75) is 6.04 Å². The van der Waals surface area contributed by atoms with Gasteiger partial charge in [0.05, 0.1) is 43.4 Å². The van der Waals surface area contributed by atoms with Crippen LogP contribution in [0.4, 0.5) is 5.69 Å². The molecule has 1 fully saturated rings. The molecule has 0 spiro atoms. The monoisotopic (exact) mass is 347 g/mol. The number of hydrogen-bond acceptors (Lipinski definition) is 7. The van der Waals surface area contributed by atoms with Gasteiger partial charge in [0.1, 0.15) is 0 Å². The zero-order valence-corrected chi connectivity index (χ0v) is 14.0. The van der Waals surface area contributed by atoms with E-state index in [2.05, 4.69) is 5.32 Å². The van der Waals surface area contributed by atoms with Gasteiger partial charge in [0, 0.05) is 26.2 Å². The predicted octanol–water partition coefficient (Wildman–Crippen LogP) is 0.972. The molecule has 0 unspecified atom stereocenters. The molecule has 9 heteroatoms. The van der Waals surface area contributed by atoms with Crippen LogP contribution in [0.3, 0.4) is 0 Å². The van der Waals surface area contributed by atoms with Gasteiger partial charge in [-0.2, -0.15) is 0 Å². The highest BCUT2D eigenvalue weighted by molar-refractivity contribution is 5.85. The van der Waals surface area contributed by atoms with Crippen LogP contribution in [0.15, 0.2) is 12.1 Å². The van der Waals surface area contributed by atoms with E-state index in [1.807, 2.05) is 4.90 Å². The van der Waals surface area contributed by atoms with E-state index in [4.69, 9.17) is 9.47 Å². The Morgan fingerprint density at radius 2 is 1.87 bits per heavy atom. The molecule has 1 saturated heterocycles. The van der Waals surface area contributed by atoms with E-state index < -0.39 is 11.0 Å². The number of halogens is 1. The first-order chi connectivity index (χ1) is 10.6. The van der Waals surface area contributed by atoms with Crippen LogP contribution in [0.2, 0.25) is 0 Å². The zero-order chi connectivity index (χ0) is 16.1. The van der Waals surface area contributed by atoms with Crippen molar-refractivity contribution in [3.63, 3.8) is 0 Å². The highest BCUT2D eigenvalue weighted by Crippen LogP contribution is 2.38. The van der Waals surface area contributed by atoms with Crippen molar-refractivity contribution in [2.75, 3.05) is 47.0 Å². The summed E-state index contributed by atoms with van der Waals surface area (Å²) in [4.78, 5) is 13.0. The van der Waals surface area contributed by atoms with Gasteiger partial charge in [-0.3, -0.25) is 15.0 Å². The lowest BCUT2D eigenvalue weighted by molar-refractivity contribution is -0.386. The molecule has 2 N–H and O–H groups in total. The van der Waals surface area contributed by atoms with Gasteiger partial charge >= 0.3 is 0 Å². The summed E-state index contributed by atoms with van der Waals surface area (Å²) in [6.07, 6.45) is 0. The Bertz CT molecular complexity index is 537. The topological polar surface area (TPSA) is 97.1 Å². The lowest BCUT2D eigenvalue weighted by Crippen LogP contribution is -2.46. The molecule has 0 aliphatic carbocycles. The summed E-state index contributed by atoms with van der Waals surface area (Å²) in [6, 6.07) is 2.49. The third kappa shape index (κ3) is 4.23. The summed E-state index contributed by atoms with van der Waals surface area (Å²) in [6.45, 7) is 2.82. The molecule has 1 aliphatic rings. The third-order valence-corrected chi connectivity index (χ3v) is 3.85. The molecule has 8 nitrogen and oxygen atoms in total. The molecule has 0 amide bonds. The summed E-state index contributed by atoms with van der Waals surface area (Å²) in [5.74, 6) is 0.714. The minimum absolute atomic E-state index is 0. The minimum Gasteiger partial charge on any atom is -0.493 e. The fourth-order valence-corrected chi connectivity index (χ4v) is 2.71. The number of nitro benzene ring substituents is 1. The van der Waals surface area contributed by atoms with Crippen molar-refractivity contribution in [2.24, 2.45) is 0 Å². The molecule has 1 atom stereocenters. The number of nitrogens with one attached hydrogen (secondary N) is 1. The lowest BCUT2D eigenvalue weighted by atomic mass is 10.0. The van der Waals surface area contributed by atoms with Crippen molar-refractivity contribution >= 4 is 18.1 Å². The van der Waals surface area contributed by atoms with Crippen LogP contribution in [-0.4, -0.2) is 61.9 Å². The SMILES string of the molecule is COc1cc([C@H](CO)N2CCNCC2)c([N+](=O)[O-])cc1OC.Cl. The van der Waals surface area contributed by atoms with Crippen LogP contribution in [0.5, 0.6) is 11.5 Å². The van der Waals surface area contributed by atoms with Gasteiger partial charge in [0.25, 0.3) is 5.69 Å². The van der Waals surface area contributed by atoms with Crippen LogP contribution in [0.25, 0.3) is 0 Å². The number of aliphatic hydroxyl groups excluding tert-OH is 1. The largest absolute Gasteiger partial charge is 0.493 e. The average Bonchev–Trinajstić information content (AvgIpc) is 2.55. The molecule has 23 heavy (non-hydrogen) atoms. The van der Waals surface area contributed by atoms with E-state index in [1.165, 1.54) is 20.3 Å². The van der Waals surface area contributed by atoms with Crippen LogP contribution in [0.1, 0.15) is 11.6 Å². The summed E-state index contributed by atoms with van der Waals surface area (Å²) >= 11 is 0. The Morgan fingerprint density at radius 3 is 2.35 bits per heavy atom. The molecule has 1 aliphatic heterocycles. The number of piperazine rings is 1. The number of rotatable bonds is 6. The Hall–Kier alpha value is -1.61. The fraction of sp³-hybridized carbons (Fsp3) is 0.571. The number of hydrogen-bond donors (Lipinski definition) is 2. The highest BCUT2D eigenvalue weighted by Gasteiger charge is 2.30. The van der Waals surface area contributed by atoms with Crippen molar-refractivity contribution in [1.82, 2.24) is 10.2 Å². The first-order valence-electron chi connectivity index (χ1n) is 7.08. The average molecular weight is 348 g/mol. The second kappa shape index (κ2) is 8.88. The van der Waals surface area contributed by atoms with Gasteiger partial charge in [-0.05, 0) is 6.07 Å². The Morgan fingerprint density at radius 1 is 1.30 bits per heavy atom. The molecule has 1 heterocycles. The second-order valence-electron chi connectivity index (χ2n) is 5.01. The Balaban J connectivity index is 0.00000264. The number of ether oxygens (including phenoxy) is 2. The summed E-state index contributed by atoms with van der Waals surface area (Å²) in [7, 11) is 2.91. The summed E-state index contributed by atoms with van der Waals surface area (Å²) in [5, 5.41) is 24.4. The van der Waals surface area contributed by atoms with Gasteiger partial charge in [-0.15, -0.1) is 12.4 Å². The van der Waals surface area contributed by atoms with Gasteiger partial charge in [0.2, 0.25) is 0 Å². The quantitative estimate of drug-likeness (QED) is 0.584. The Labute approximate surface area is 140 Å². The number of benzene rings is 1. The maximum Gasteiger partial charge on any atom is 0.278 e. The van der Waals surface area contributed by atoms with Crippen LogP contribution >= 0.6 is 12.4 Å². The highest BCUT2D eigenvalue weighted by atomic mass is 35.5. The van der Waals surface area contributed by atoms with Gasteiger partial charge in [0.15, 0.2) is 11.5 Å². The lowest BCUT2D eigenvalue weighted by Gasteiger charge is -2.34. The normalized spacial score (nSPS) is 16.3. The molecule has 1 aromatic rings. The molecule has 2 rings (SSSR count). The number of nitrogens with zero attached hydrogens (tertiary/aromatic N) is 2. The number of methoxy groups -OCH3 is 2. The molecular weight excluding hydrogens is 326 g/mol. The standard InChI is InChI=1S/C14H21N3O5.ClH/c1-21-13-7-10(11(17(19)20)8-14(13)22-2)12(9-18)16-5-3-15-4-6-16;/h7-8,12,15,18H,3-6,9H2,1-2H3;1H/t12-;/m0./s1. The summed E-state index contributed by atoms with van der Waals surface area (Å²) < 4.78 is 10.4. The first kappa shape index (κ1) is 19.4. The van der Waals surface area contributed by atoms with E-state index in [1.54, 1.807) is 6.07 Å². The van der Waals surface area contributed by atoms with Crippen LogP contribution in [0, 0.1) is 10.1 Å². The maximum absolute atomic E-state index is 11.4. The fourth-order valence-electron chi connectivity index (χ4n) is 2.71. The molecule has 0 bridgehead atoms. The third-order valence-electron chi connectivity index (χ3n) is 3.85. The predicted molar refractivity (Wildman–Crippen MR) is 87.7 cm³/mol. The van der Waals surface area contributed by atoms with E-state index in [0.717, 1.165) is 26.2 Å². The van der Waals surface area contributed by atoms with E-state index in [-0.39, 0.29) is 24.7 Å². The number of nitro groups is 1. The smallest absolute Gasteiger partial charge is 0.278 e. The molecular formula is C14H22ClN3O5. The molecule has 130 valence electrons. The maximum atomic E-state index is 11.4. The first-order valence-corrected chi connectivity index (χ1v) is 7.08.